The van der Waals surface area contributed by atoms with Crippen LogP contribution in [0.5, 0.6) is 0 Å². The summed E-state index contributed by atoms with van der Waals surface area (Å²) in [6, 6.07) is 7.02. The molecule has 0 aliphatic carbocycles. The van der Waals surface area contributed by atoms with Crippen LogP contribution in [0.25, 0.3) is 0 Å². The molecule has 1 aliphatic rings. The second-order valence-electron chi connectivity index (χ2n) is 5.49. The smallest absolute Gasteiger partial charge is 0.255 e. The Hall–Kier alpha value is -1.06. The number of piperidine rings is 1. The number of aliphatic hydroxyl groups is 1. The Balaban J connectivity index is 2.15. The van der Waals surface area contributed by atoms with Crippen LogP contribution < -0.4 is 0 Å². The van der Waals surface area contributed by atoms with Crippen LogP contribution >= 0.6 is 11.6 Å². The lowest BCUT2D eigenvalue weighted by Crippen LogP contribution is -2.50. The Labute approximate surface area is 112 Å². The van der Waals surface area contributed by atoms with E-state index in [9.17, 15) is 9.90 Å². The van der Waals surface area contributed by atoms with E-state index in [1.165, 1.54) is 0 Å². The molecular formula is C14H18ClNO2. The van der Waals surface area contributed by atoms with E-state index in [0.29, 0.717) is 23.7 Å². The van der Waals surface area contributed by atoms with Gasteiger partial charge in [0.25, 0.3) is 5.91 Å². The first-order chi connectivity index (χ1) is 8.42. The quantitative estimate of drug-likeness (QED) is 0.850. The summed E-state index contributed by atoms with van der Waals surface area (Å²) in [6.45, 7) is 5.08. The minimum Gasteiger partial charge on any atom is -0.391 e. The molecule has 0 saturated carbocycles. The fourth-order valence-electron chi connectivity index (χ4n) is 2.13. The number of carbonyl (C=O) groups excluding carboxylic acids is 1. The molecule has 4 heteroatoms. The van der Waals surface area contributed by atoms with E-state index in [1.807, 2.05) is 13.8 Å². The number of amides is 1. The summed E-state index contributed by atoms with van der Waals surface area (Å²) in [5, 5.41) is 10.5. The molecule has 1 aliphatic heterocycles. The number of benzene rings is 1. The topological polar surface area (TPSA) is 40.5 Å². The van der Waals surface area contributed by atoms with Crippen molar-refractivity contribution in [3.8, 4) is 0 Å². The molecule has 1 heterocycles. The Morgan fingerprint density at radius 2 is 2.11 bits per heavy atom. The number of carbonyl (C=O) groups is 1. The van der Waals surface area contributed by atoms with Crippen molar-refractivity contribution in [3.63, 3.8) is 0 Å². The van der Waals surface area contributed by atoms with Gasteiger partial charge in [0.2, 0.25) is 0 Å². The van der Waals surface area contributed by atoms with Crippen LogP contribution in [0.3, 0.4) is 0 Å². The van der Waals surface area contributed by atoms with Crippen molar-refractivity contribution in [2.24, 2.45) is 5.41 Å². The van der Waals surface area contributed by atoms with Gasteiger partial charge in [-0.1, -0.05) is 37.6 Å². The summed E-state index contributed by atoms with van der Waals surface area (Å²) in [4.78, 5) is 14.0. The molecule has 1 unspecified atom stereocenters. The summed E-state index contributed by atoms with van der Waals surface area (Å²) in [5.41, 5.74) is 0.378. The van der Waals surface area contributed by atoms with Crippen LogP contribution in [-0.4, -0.2) is 35.1 Å². The second kappa shape index (κ2) is 4.90. The molecule has 3 nitrogen and oxygen atoms in total. The van der Waals surface area contributed by atoms with Gasteiger partial charge in [-0.3, -0.25) is 4.79 Å². The van der Waals surface area contributed by atoms with Crippen LogP contribution in [0.15, 0.2) is 24.3 Å². The summed E-state index contributed by atoms with van der Waals surface area (Å²) in [7, 11) is 0. The molecule has 98 valence electrons. The van der Waals surface area contributed by atoms with Gasteiger partial charge in [-0.15, -0.1) is 0 Å². The predicted octanol–water partition coefficient (Wildman–Crippen LogP) is 2.57. The van der Waals surface area contributed by atoms with Crippen LogP contribution in [0.2, 0.25) is 5.02 Å². The first-order valence-corrected chi connectivity index (χ1v) is 6.51. The molecule has 0 spiro atoms. The standard InChI is InChI=1S/C14H18ClNO2/c1-14(2)7-8-16(9-12(14)17)13(18)10-5-3-4-6-11(10)15/h3-6,12,17H,7-9H2,1-2H3. The number of aliphatic hydroxyl groups excluding tert-OH is 1. The van der Waals surface area contributed by atoms with E-state index < -0.39 is 6.10 Å². The lowest BCUT2D eigenvalue weighted by Gasteiger charge is -2.41. The molecule has 0 aromatic heterocycles. The third-order valence-electron chi connectivity index (χ3n) is 3.71. The monoisotopic (exact) mass is 267 g/mol. The van der Waals surface area contributed by atoms with E-state index >= 15 is 0 Å². The first-order valence-electron chi connectivity index (χ1n) is 6.14. The minimum atomic E-state index is -0.488. The van der Waals surface area contributed by atoms with Crippen molar-refractivity contribution >= 4 is 17.5 Å². The minimum absolute atomic E-state index is 0.102. The number of hydrogen-bond donors (Lipinski definition) is 1. The van der Waals surface area contributed by atoms with Crippen LogP contribution in [0.4, 0.5) is 0 Å². The zero-order valence-electron chi connectivity index (χ0n) is 10.7. The fourth-order valence-corrected chi connectivity index (χ4v) is 2.34. The SMILES string of the molecule is CC1(C)CCN(C(=O)c2ccccc2Cl)CC1O. The lowest BCUT2D eigenvalue weighted by molar-refractivity contribution is -0.0190. The number of nitrogens with zero attached hydrogens (tertiary/aromatic N) is 1. The summed E-state index contributed by atoms with van der Waals surface area (Å²) in [5.74, 6) is -0.102. The molecule has 0 radical (unpaired) electrons. The van der Waals surface area contributed by atoms with Crippen LogP contribution in [0.1, 0.15) is 30.6 Å². The summed E-state index contributed by atoms with van der Waals surface area (Å²) >= 11 is 6.02. The van der Waals surface area contributed by atoms with Crippen molar-refractivity contribution in [2.75, 3.05) is 13.1 Å². The van der Waals surface area contributed by atoms with Crippen LogP contribution in [-0.2, 0) is 0 Å². The van der Waals surface area contributed by atoms with E-state index in [2.05, 4.69) is 0 Å². The normalized spacial score (nSPS) is 22.9. The second-order valence-corrected chi connectivity index (χ2v) is 5.89. The Kier molecular flexibility index (Phi) is 3.64. The maximum atomic E-state index is 12.3. The van der Waals surface area contributed by atoms with E-state index in [4.69, 9.17) is 11.6 Å². The largest absolute Gasteiger partial charge is 0.391 e. The van der Waals surface area contributed by atoms with Gasteiger partial charge in [0.05, 0.1) is 16.7 Å². The molecule has 0 bridgehead atoms. The molecule has 1 aromatic rings. The molecule has 18 heavy (non-hydrogen) atoms. The average Bonchev–Trinajstić information content (AvgIpc) is 2.32. The van der Waals surface area contributed by atoms with E-state index in [0.717, 1.165) is 6.42 Å². The number of halogens is 1. The molecule has 1 fully saturated rings. The zero-order valence-corrected chi connectivity index (χ0v) is 11.4. The van der Waals surface area contributed by atoms with Gasteiger partial charge in [-0.2, -0.15) is 0 Å². The Morgan fingerprint density at radius 3 is 2.72 bits per heavy atom. The van der Waals surface area contributed by atoms with E-state index in [-0.39, 0.29) is 11.3 Å². The van der Waals surface area contributed by atoms with Crippen molar-refractivity contribution < 1.29 is 9.90 Å². The molecule has 1 saturated heterocycles. The van der Waals surface area contributed by atoms with Crippen molar-refractivity contribution in [1.29, 1.82) is 0 Å². The van der Waals surface area contributed by atoms with Crippen molar-refractivity contribution in [3.05, 3.63) is 34.9 Å². The fraction of sp³-hybridized carbons (Fsp3) is 0.500. The predicted molar refractivity (Wildman–Crippen MR) is 71.8 cm³/mol. The highest BCUT2D eigenvalue weighted by Gasteiger charge is 2.36. The molecule has 1 N–H and O–H groups in total. The first kappa shape index (κ1) is 13.4. The zero-order chi connectivity index (χ0) is 13.3. The number of likely N-dealkylation sites (tertiary alicyclic amines) is 1. The van der Waals surface area contributed by atoms with Gasteiger partial charge < -0.3 is 10.0 Å². The van der Waals surface area contributed by atoms with Gasteiger partial charge in [0.15, 0.2) is 0 Å². The molecule has 2 rings (SSSR count). The van der Waals surface area contributed by atoms with Crippen LogP contribution in [0, 0.1) is 5.41 Å². The highest BCUT2D eigenvalue weighted by atomic mass is 35.5. The number of β-amino-alcohol motifs (C(OH)–C–C–N with tert-alkyl or cyclic N) is 1. The van der Waals surface area contributed by atoms with Gasteiger partial charge in [0, 0.05) is 13.1 Å². The van der Waals surface area contributed by atoms with E-state index in [1.54, 1.807) is 29.2 Å². The molecule has 1 aromatic carbocycles. The van der Waals surface area contributed by atoms with Gasteiger partial charge in [-0.25, -0.2) is 0 Å². The Morgan fingerprint density at radius 1 is 1.44 bits per heavy atom. The highest BCUT2D eigenvalue weighted by Crippen LogP contribution is 2.31. The third kappa shape index (κ3) is 2.52. The maximum Gasteiger partial charge on any atom is 0.255 e. The lowest BCUT2D eigenvalue weighted by atomic mass is 9.80. The van der Waals surface area contributed by atoms with Crippen molar-refractivity contribution in [2.45, 2.75) is 26.4 Å². The summed E-state index contributed by atoms with van der Waals surface area (Å²) < 4.78 is 0. The maximum absolute atomic E-state index is 12.3. The molecule has 1 amide bonds. The van der Waals surface area contributed by atoms with Gasteiger partial charge >= 0.3 is 0 Å². The number of rotatable bonds is 1. The third-order valence-corrected chi connectivity index (χ3v) is 4.04. The summed E-state index contributed by atoms with van der Waals surface area (Å²) in [6.07, 6.45) is 0.308. The van der Waals surface area contributed by atoms with Gasteiger partial charge in [-0.05, 0) is 24.0 Å². The highest BCUT2D eigenvalue weighted by molar-refractivity contribution is 6.33. The molecular weight excluding hydrogens is 250 g/mol. The van der Waals surface area contributed by atoms with Gasteiger partial charge in [0.1, 0.15) is 0 Å². The van der Waals surface area contributed by atoms with Crippen molar-refractivity contribution in [1.82, 2.24) is 4.90 Å². The molecule has 1 atom stereocenters. The average molecular weight is 268 g/mol. The number of hydrogen-bond acceptors (Lipinski definition) is 2. The Bertz CT molecular complexity index is 459.